The van der Waals surface area contributed by atoms with Gasteiger partial charge < -0.3 is 10.6 Å². The maximum atomic E-state index is 12.2. The number of rotatable bonds is 5. The molecule has 0 fully saturated rings. The minimum Gasteiger partial charge on any atom is -0.354 e. The summed E-state index contributed by atoms with van der Waals surface area (Å²) in [4.78, 5) is 20.6. The first-order valence-electron chi connectivity index (χ1n) is 8.11. The van der Waals surface area contributed by atoms with Gasteiger partial charge in [-0.3, -0.25) is 9.78 Å². The topological polar surface area (TPSA) is 66.9 Å². The first-order chi connectivity index (χ1) is 12.1. The Bertz CT molecular complexity index is 861. The summed E-state index contributed by atoms with van der Waals surface area (Å²) in [6.45, 7) is 4.53. The van der Waals surface area contributed by atoms with E-state index in [0.717, 1.165) is 17.1 Å². The molecule has 2 N–H and O–H groups in total. The minimum absolute atomic E-state index is 0.219. The van der Waals surface area contributed by atoms with Gasteiger partial charge in [-0.1, -0.05) is 18.2 Å². The Balaban J connectivity index is 1.63. The van der Waals surface area contributed by atoms with Gasteiger partial charge in [-0.05, 0) is 55.3 Å². The van der Waals surface area contributed by atoms with Crippen molar-refractivity contribution in [3.05, 3.63) is 83.4 Å². The molecule has 0 bridgehead atoms. The third-order valence-corrected chi connectivity index (χ3v) is 4.04. The van der Waals surface area contributed by atoms with E-state index in [0.29, 0.717) is 12.2 Å². The SMILES string of the molecule is Cc1cccc(Nc2ccc(C(=O)NCc3ccccn3)nc2)c1C. The molecule has 5 nitrogen and oxygen atoms in total. The molecule has 0 saturated carbocycles. The Labute approximate surface area is 147 Å². The number of hydrogen-bond donors (Lipinski definition) is 2. The predicted octanol–water partition coefficient (Wildman–Crippen LogP) is 3.77. The minimum atomic E-state index is -0.219. The maximum absolute atomic E-state index is 12.2. The summed E-state index contributed by atoms with van der Waals surface area (Å²) in [7, 11) is 0. The molecule has 0 radical (unpaired) electrons. The summed E-state index contributed by atoms with van der Waals surface area (Å²) in [6, 6.07) is 15.3. The summed E-state index contributed by atoms with van der Waals surface area (Å²) in [5.41, 5.74) is 5.48. The van der Waals surface area contributed by atoms with Crippen LogP contribution in [0.1, 0.15) is 27.3 Å². The van der Waals surface area contributed by atoms with Gasteiger partial charge in [0.15, 0.2) is 0 Å². The summed E-state index contributed by atoms with van der Waals surface area (Å²) >= 11 is 0. The average molecular weight is 332 g/mol. The normalized spacial score (nSPS) is 10.3. The van der Waals surface area contributed by atoms with Crippen molar-refractivity contribution in [2.75, 3.05) is 5.32 Å². The van der Waals surface area contributed by atoms with Gasteiger partial charge in [-0.2, -0.15) is 0 Å². The van der Waals surface area contributed by atoms with Crippen molar-refractivity contribution in [2.24, 2.45) is 0 Å². The molecule has 0 spiro atoms. The highest BCUT2D eigenvalue weighted by Gasteiger charge is 2.08. The lowest BCUT2D eigenvalue weighted by Crippen LogP contribution is -2.24. The largest absolute Gasteiger partial charge is 0.354 e. The molecule has 1 amide bonds. The monoisotopic (exact) mass is 332 g/mol. The van der Waals surface area contributed by atoms with Crippen LogP contribution in [0.5, 0.6) is 0 Å². The van der Waals surface area contributed by atoms with E-state index >= 15 is 0 Å². The molecule has 0 saturated heterocycles. The van der Waals surface area contributed by atoms with Gasteiger partial charge in [0.05, 0.1) is 24.1 Å². The maximum Gasteiger partial charge on any atom is 0.270 e. The van der Waals surface area contributed by atoms with Crippen LogP contribution in [-0.4, -0.2) is 15.9 Å². The van der Waals surface area contributed by atoms with Gasteiger partial charge in [0.25, 0.3) is 5.91 Å². The Hall–Kier alpha value is -3.21. The number of hydrogen-bond acceptors (Lipinski definition) is 4. The number of aromatic nitrogens is 2. The Morgan fingerprint density at radius 3 is 2.60 bits per heavy atom. The van der Waals surface area contributed by atoms with Crippen molar-refractivity contribution in [3.63, 3.8) is 0 Å². The first-order valence-corrected chi connectivity index (χ1v) is 8.11. The lowest BCUT2D eigenvalue weighted by atomic mass is 10.1. The number of anilines is 2. The second-order valence-corrected chi connectivity index (χ2v) is 5.81. The molecule has 3 aromatic rings. The molecule has 0 aliphatic rings. The molecule has 5 heteroatoms. The van der Waals surface area contributed by atoms with Crippen molar-refractivity contribution < 1.29 is 4.79 Å². The van der Waals surface area contributed by atoms with E-state index in [1.165, 1.54) is 11.1 Å². The number of carbonyl (C=O) groups excluding carboxylic acids is 1. The van der Waals surface area contributed by atoms with Gasteiger partial charge in [0.2, 0.25) is 0 Å². The van der Waals surface area contributed by atoms with Crippen molar-refractivity contribution >= 4 is 17.3 Å². The summed E-state index contributed by atoms with van der Waals surface area (Å²) in [5, 5.41) is 6.15. The number of carbonyl (C=O) groups is 1. The van der Waals surface area contributed by atoms with E-state index in [4.69, 9.17) is 0 Å². The predicted molar refractivity (Wildman–Crippen MR) is 98.8 cm³/mol. The fourth-order valence-corrected chi connectivity index (χ4v) is 2.41. The van der Waals surface area contributed by atoms with E-state index in [1.807, 2.05) is 36.4 Å². The van der Waals surface area contributed by atoms with Gasteiger partial charge in [-0.15, -0.1) is 0 Å². The molecular formula is C20H20N4O. The second kappa shape index (κ2) is 7.57. The summed E-state index contributed by atoms with van der Waals surface area (Å²) < 4.78 is 0. The zero-order valence-corrected chi connectivity index (χ0v) is 14.3. The van der Waals surface area contributed by atoms with Crippen LogP contribution >= 0.6 is 0 Å². The zero-order chi connectivity index (χ0) is 17.6. The van der Waals surface area contributed by atoms with E-state index in [1.54, 1.807) is 18.5 Å². The Morgan fingerprint density at radius 1 is 1.00 bits per heavy atom. The van der Waals surface area contributed by atoms with Crippen molar-refractivity contribution in [2.45, 2.75) is 20.4 Å². The highest BCUT2D eigenvalue weighted by atomic mass is 16.1. The summed E-state index contributed by atoms with van der Waals surface area (Å²) in [5.74, 6) is -0.219. The van der Waals surface area contributed by atoms with Crippen LogP contribution in [0.15, 0.2) is 60.9 Å². The van der Waals surface area contributed by atoms with Gasteiger partial charge in [0, 0.05) is 11.9 Å². The molecule has 0 aliphatic carbocycles. The number of pyridine rings is 2. The molecule has 25 heavy (non-hydrogen) atoms. The van der Waals surface area contributed by atoms with Crippen LogP contribution in [0.3, 0.4) is 0 Å². The summed E-state index contributed by atoms with van der Waals surface area (Å²) in [6.07, 6.45) is 3.37. The smallest absolute Gasteiger partial charge is 0.270 e. The lowest BCUT2D eigenvalue weighted by molar-refractivity contribution is 0.0945. The van der Waals surface area contributed by atoms with Gasteiger partial charge >= 0.3 is 0 Å². The van der Waals surface area contributed by atoms with E-state index in [2.05, 4.69) is 40.5 Å². The standard InChI is InChI=1S/C20H20N4O/c1-14-6-5-8-18(15(14)2)24-17-9-10-19(22-13-17)20(25)23-12-16-7-3-4-11-21-16/h3-11,13,24H,12H2,1-2H3,(H,23,25). The zero-order valence-electron chi connectivity index (χ0n) is 14.3. The van der Waals surface area contributed by atoms with E-state index in [-0.39, 0.29) is 5.91 Å². The third kappa shape index (κ3) is 4.20. The Morgan fingerprint density at radius 2 is 1.88 bits per heavy atom. The highest BCUT2D eigenvalue weighted by Crippen LogP contribution is 2.22. The number of nitrogens with zero attached hydrogens (tertiary/aromatic N) is 2. The van der Waals surface area contributed by atoms with Gasteiger partial charge in [-0.25, -0.2) is 4.98 Å². The van der Waals surface area contributed by atoms with Crippen molar-refractivity contribution in [1.29, 1.82) is 0 Å². The average Bonchev–Trinajstić information content (AvgIpc) is 2.65. The van der Waals surface area contributed by atoms with Gasteiger partial charge in [0.1, 0.15) is 5.69 Å². The van der Waals surface area contributed by atoms with E-state index < -0.39 is 0 Å². The molecule has 2 aromatic heterocycles. The molecule has 0 aliphatic heterocycles. The molecular weight excluding hydrogens is 312 g/mol. The number of amides is 1. The fraction of sp³-hybridized carbons (Fsp3) is 0.150. The molecule has 126 valence electrons. The van der Waals surface area contributed by atoms with Crippen molar-refractivity contribution in [3.8, 4) is 0 Å². The lowest BCUT2D eigenvalue weighted by Gasteiger charge is -2.11. The molecule has 2 heterocycles. The molecule has 0 atom stereocenters. The van der Waals surface area contributed by atoms with Crippen LogP contribution in [0.25, 0.3) is 0 Å². The first kappa shape index (κ1) is 16.6. The molecule has 3 rings (SSSR count). The number of aryl methyl sites for hydroxylation is 1. The quantitative estimate of drug-likeness (QED) is 0.746. The fourth-order valence-electron chi connectivity index (χ4n) is 2.41. The van der Waals surface area contributed by atoms with Crippen LogP contribution in [0, 0.1) is 13.8 Å². The molecule has 0 unspecified atom stereocenters. The van der Waals surface area contributed by atoms with Crippen molar-refractivity contribution in [1.82, 2.24) is 15.3 Å². The van der Waals surface area contributed by atoms with Crippen LogP contribution in [-0.2, 0) is 6.54 Å². The van der Waals surface area contributed by atoms with E-state index in [9.17, 15) is 4.79 Å². The highest BCUT2D eigenvalue weighted by molar-refractivity contribution is 5.92. The second-order valence-electron chi connectivity index (χ2n) is 5.81. The van der Waals surface area contributed by atoms with Crippen LogP contribution < -0.4 is 10.6 Å². The number of nitrogens with one attached hydrogen (secondary N) is 2. The Kier molecular flexibility index (Phi) is 5.04. The van der Waals surface area contributed by atoms with Crippen LogP contribution in [0.4, 0.5) is 11.4 Å². The van der Waals surface area contributed by atoms with Crippen LogP contribution in [0.2, 0.25) is 0 Å². The number of benzene rings is 1. The third-order valence-electron chi connectivity index (χ3n) is 4.04. The molecule has 1 aromatic carbocycles.